The third-order valence-electron chi connectivity index (χ3n) is 6.33. The Morgan fingerprint density at radius 3 is 2.48 bits per heavy atom. The van der Waals surface area contributed by atoms with Gasteiger partial charge in [0, 0.05) is 15.4 Å². The second-order valence-electron chi connectivity index (χ2n) is 8.21. The Morgan fingerprint density at radius 1 is 1.16 bits per heavy atom. The van der Waals surface area contributed by atoms with Crippen molar-refractivity contribution in [3.63, 3.8) is 0 Å². The molecule has 2 saturated carbocycles. The molecule has 4 atom stereocenters. The van der Waals surface area contributed by atoms with Crippen molar-refractivity contribution < 1.29 is 24.2 Å². The van der Waals surface area contributed by atoms with Gasteiger partial charge < -0.3 is 15.2 Å². The summed E-state index contributed by atoms with van der Waals surface area (Å²) in [6, 6.07) is 7.56. The Kier molecular flexibility index (Phi) is 6.48. The van der Waals surface area contributed by atoms with E-state index in [0.29, 0.717) is 22.5 Å². The number of halogens is 1. The van der Waals surface area contributed by atoms with Gasteiger partial charge in [0.1, 0.15) is 10.6 Å². The van der Waals surface area contributed by atoms with Crippen LogP contribution in [0.2, 0.25) is 0 Å². The van der Waals surface area contributed by atoms with Gasteiger partial charge in [-0.1, -0.05) is 35.0 Å². The summed E-state index contributed by atoms with van der Waals surface area (Å²) in [6.07, 6.45) is 3.23. The van der Waals surface area contributed by atoms with Gasteiger partial charge >= 0.3 is 11.9 Å². The van der Waals surface area contributed by atoms with Crippen molar-refractivity contribution in [2.75, 3.05) is 11.9 Å². The van der Waals surface area contributed by atoms with Gasteiger partial charge in [-0.15, -0.1) is 11.3 Å². The van der Waals surface area contributed by atoms with Crippen molar-refractivity contribution in [1.29, 1.82) is 0 Å². The number of fused-ring (bicyclic) bond motifs is 2. The van der Waals surface area contributed by atoms with E-state index in [9.17, 15) is 19.5 Å². The Hall–Kier alpha value is -2.19. The van der Waals surface area contributed by atoms with Crippen LogP contribution in [-0.2, 0) is 14.3 Å². The minimum absolute atomic E-state index is 0.0638. The zero-order chi connectivity index (χ0) is 22.1. The zero-order valence-corrected chi connectivity index (χ0v) is 19.5. The normalized spacial score (nSPS) is 24.2. The highest BCUT2D eigenvalue weighted by Crippen LogP contribution is 2.53. The average molecular weight is 506 g/mol. The molecule has 4 rings (SSSR count). The fourth-order valence-corrected chi connectivity index (χ4v) is 6.21. The van der Waals surface area contributed by atoms with E-state index >= 15 is 0 Å². The van der Waals surface area contributed by atoms with Crippen molar-refractivity contribution in [2.24, 2.45) is 23.7 Å². The van der Waals surface area contributed by atoms with Crippen LogP contribution in [-0.4, -0.2) is 29.6 Å². The SMILES string of the molecule is CCCOC(=O)c1c(-c2ccc(Br)cc2)csc1NC(=O)[C@@H]1[C@@H]2CC[C@@H](C2)[C@@H]1C(=O)O. The molecule has 2 N–H and O–H groups in total. The first-order chi connectivity index (χ1) is 14.9. The van der Waals surface area contributed by atoms with Crippen LogP contribution in [0.25, 0.3) is 11.1 Å². The maximum atomic E-state index is 13.2. The molecule has 2 aliphatic rings. The number of anilines is 1. The lowest BCUT2D eigenvalue weighted by molar-refractivity contribution is -0.148. The third-order valence-corrected chi connectivity index (χ3v) is 7.75. The van der Waals surface area contributed by atoms with Gasteiger partial charge in [-0.25, -0.2) is 4.79 Å². The van der Waals surface area contributed by atoms with E-state index in [0.717, 1.165) is 29.3 Å². The Morgan fingerprint density at radius 2 is 1.84 bits per heavy atom. The van der Waals surface area contributed by atoms with Crippen LogP contribution in [0.3, 0.4) is 0 Å². The number of aliphatic carboxylic acids is 1. The van der Waals surface area contributed by atoms with E-state index in [2.05, 4.69) is 21.2 Å². The molecule has 2 bridgehead atoms. The van der Waals surface area contributed by atoms with Crippen molar-refractivity contribution in [3.8, 4) is 11.1 Å². The van der Waals surface area contributed by atoms with Crippen LogP contribution in [0.4, 0.5) is 5.00 Å². The molecule has 0 aliphatic heterocycles. The number of esters is 1. The van der Waals surface area contributed by atoms with Crippen molar-refractivity contribution in [3.05, 3.63) is 39.7 Å². The number of nitrogens with one attached hydrogen (secondary N) is 1. The number of carbonyl (C=O) groups excluding carboxylic acids is 2. The van der Waals surface area contributed by atoms with Crippen LogP contribution in [0.15, 0.2) is 34.1 Å². The molecule has 6 nitrogen and oxygen atoms in total. The van der Waals surface area contributed by atoms with Crippen LogP contribution < -0.4 is 5.32 Å². The third kappa shape index (κ3) is 4.28. The molecule has 0 unspecified atom stereocenters. The minimum atomic E-state index is -0.906. The van der Waals surface area contributed by atoms with Gasteiger partial charge in [0.05, 0.1) is 18.4 Å². The maximum absolute atomic E-state index is 13.2. The number of carbonyl (C=O) groups is 3. The van der Waals surface area contributed by atoms with Gasteiger partial charge in [-0.3, -0.25) is 9.59 Å². The highest BCUT2D eigenvalue weighted by Gasteiger charge is 2.54. The molecule has 2 aromatic rings. The largest absolute Gasteiger partial charge is 0.481 e. The maximum Gasteiger partial charge on any atom is 0.341 e. The first-order valence-corrected chi connectivity index (χ1v) is 12.2. The standard InChI is InChI=1S/C23H24BrNO5S/c1-2-9-30-23(29)19-16(12-5-7-15(24)8-6-12)11-31-21(19)25-20(26)17-13-3-4-14(10-13)18(17)22(27)28/h5-8,11,13-14,17-18H,2-4,9-10H2,1H3,(H,25,26)(H,27,28)/t13-,14+,17-,18+/m1/s1. The molecule has 1 aromatic carbocycles. The van der Waals surface area contributed by atoms with Crippen LogP contribution in [0.5, 0.6) is 0 Å². The molecule has 2 fully saturated rings. The summed E-state index contributed by atoms with van der Waals surface area (Å²) in [7, 11) is 0. The molecule has 0 radical (unpaired) electrons. The predicted molar refractivity (Wildman–Crippen MR) is 122 cm³/mol. The van der Waals surface area contributed by atoms with Crippen molar-refractivity contribution in [2.45, 2.75) is 32.6 Å². The summed E-state index contributed by atoms with van der Waals surface area (Å²) in [5, 5.41) is 14.8. The summed E-state index contributed by atoms with van der Waals surface area (Å²) in [6.45, 7) is 2.20. The topological polar surface area (TPSA) is 92.7 Å². The van der Waals surface area contributed by atoms with Crippen LogP contribution >= 0.6 is 27.3 Å². The van der Waals surface area contributed by atoms with E-state index in [4.69, 9.17) is 4.74 Å². The zero-order valence-electron chi connectivity index (χ0n) is 17.1. The molecule has 1 heterocycles. The van der Waals surface area contributed by atoms with Crippen molar-refractivity contribution in [1.82, 2.24) is 0 Å². The van der Waals surface area contributed by atoms with Gasteiger partial charge in [0.25, 0.3) is 0 Å². The molecule has 164 valence electrons. The number of benzene rings is 1. The number of carboxylic acids is 1. The van der Waals surface area contributed by atoms with E-state index < -0.39 is 23.8 Å². The summed E-state index contributed by atoms with van der Waals surface area (Å²) in [5.41, 5.74) is 1.85. The van der Waals surface area contributed by atoms with Crippen LogP contribution in [0, 0.1) is 23.7 Å². The smallest absolute Gasteiger partial charge is 0.341 e. The Balaban J connectivity index is 1.64. The highest BCUT2D eigenvalue weighted by molar-refractivity contribution is 9.10. The number of hydrogen-bond donors (Lipinski definition) is 2. The molecule has 1 amide bonds. The Labute approximate surface area is 193 Å². The number of ether oxygens (including phenoxy) is 1. The fraction of sp³-hybridized carbons (Fsp3) is 0.435. The van der Waals surface area contributed by atoms with Gasteiger partial charge in [0.2, 0.25) is 5.91 Å². The first kappa shape index (κ1) is 22.0. The van der Waals surface area contributed by atoms with Crippen molar-refractivity contribution >= 4 is 50.1 Å². The second kappa shape index (κ2) is 9.12. The fourth-order valence-electron chi connectivity index (χ4n) is 4.98. The number of hydrogen-bond acceptors (Lipinski definition) is 5. The summed E-state index contributed by atoms with van der Waals surface area (Å²) < 4.78 is 6.31. The number of amides is 1. The highest BCUT2D eigenvalue weighted by atomic mass is 79.9. The molecule has 8 heteroatoms. The number of carboxylic acid groups (broad SMARTS) is 1. The monoisotopic (exact) mass is 505 g/mol. The lowest BCUT2D eigenvalue weighted by Crippen LogP contribution is -2.38. The molecule has 31 heavy (non-hydrogen) atoms. The second-order valence-corrected chi connectivity index (χ2v) is 10.0. The lowest BCUT2D eigenvalue weighted by atomic mass is 9.79. The summed E-state index contributed by atoms with van der Waals surface area (Å²) in [5.74, 6) is -2.76. The molecule has 2 aliphatic carbocycles. The summed E-state index contributed by atoms with van der Waals surface area (Å²) in [4.78, 5) is 37.9. The van der Waals surface area contributed by atoms with E-state index in [-0.39, 0.29) is 24.3 Å². The van der Waals surface area contributed by atoms with Gasteiger partial charge in [-0.2, -0.15) is 0 Å². The number of rotatable bonds is 7. The molecular formula is C23H24BrNO5S. The van der Waals surface area contributed by atoms with Gasteiger partial charge in [-0.05, 0) is 55.2 Å². The van der Waals surface area contributed by atoms with E-state index in [1.54, 1.807) is 0 Å². The van der Waals surface area contributed by atoms with Gasteiger partial charge in [0.15, 0.2) is 0 Å². The number of thiophene rings is 1. The van der Waals surface area contributed by atoms with E-state index in [1.807, 2.05) is 36.6 Å². The minimum Gasteiger partial charge on any atom is -0.481 e. The predicted octanol–water partition coefficient (Wildman–Crippen LogP) is 5.43. The van der Waals surface area contributed by atoms with E-state index in [1.165, 1.54) is 11.3 Å². The molecule has 0 saturated heterocycles. The summed E-state index contributed by atoms with van der Waals surface area (Å²) >= 11 is 4.68. The molecule has 1 aromatic heterocycles. The average Bonchev–Trinajstić information content (AvgIpc) is 3.47. The molecular weight excluding hydrogens is 482 g/mol. The lowest BCUT2D eigenvalue weighted by Gasteiger charge is -2.27. The van der Waals surface area contributed by atoms with Crippen LogP contribution in [0.1, 0.15) is 43.0 Å². The molecule has 0 spiro atoms. The quantitative estimate of drug-likeness (QED) is 0.489. The Bertz CT molecular complexity index is 1000. The first-order valence-electron chi connectivity index (χ1n) is 10.5.